The monoisotopic (exact) mass is 370 g/mol. The van der Waals surface area contributed by atoms with Gasteiger partial charge in [-0.05, 0) is 36.8 Å². The van der Waals surface area contributed by atoms with E-state index in [4.69, 9.17) is 14.2 Å². The fourth-order valence-corrected chi connectivity index (χ4v) is 2.68. The highest BCUT2D eigenvalue weighted by atomic mass is 16.6. The highest BCUT2D eigenvalue weighted by molar-refractivity contribution is 5.87. The minimum atomic E-state index is -0.811. The van der Waals surface area contributed by atoms with E-state index >= 15 is 0 Å². The molecule has 0 bridgehead atoms. The van der Waals surface area contributed by atoms with Crippen molar-refractivity contribution in [2.75, 3.05) is 13.7 Å². The molecule has 2 unspecified atom stereocenters. The predicted octanol–water partition coefficient (Wildman–Crippen LogP) is 1.66. The summed E-state index contributed by atoms with van der Waals surface area (Å²) >= 11 is 0. The molecule has 7 heteroatoms. The molecule has 0 saturated heterocycles. The molecule has 0 aliphatic carbocycles. The summed E-state index contributed by atoms with van der Waals surface area (Å²) in [4.78, 5) is 24.3. The van der Waals surface area contributed by atoms with E-state index in [1.807, 2.05) is 30.3 Å². The number of rotatable bonds is 6. The summed E-state index contributed by atoms with van der Waals surface area (Å²) in [7, 11) is 1.60. The van der Waals surface area contributed by atoms with Crippen molar-refractivity contribution < 1.29 is 23.8 Å². The van der Waals surface area contributed by atoms with Crippen LogP contribution in [0.25, 0.3) is 0 Å². The number of fused-ring (bicyclic) bond motifs is 1. The number of hydrogen-bond donors (Lipinski definition) is 2. The van der Waals surface area contributed by atoms with Gasteiger partial charge in [-0.3, -0.25) is 9.59 Å². The van der Waals surface area contributed by atoms with Gasteiger partial charge in [0, 0.05) is 6.54 Å². The average molecular weight is 370 g/mol. The van der Waals surface area contributed by atoms with Crippen LogP contribution in [-0.4, -0.2) is 37.7 Å². The molecule has 3 rings (SSSR count). The predicted molar refractivity (Wildman–Crippen MR) is 98.8 cm³/mol. The number of carbonyl (C=O) groups excluding carboxylic acids is 2. The van der Waals surface area contributed by atoms with E-state index in [0.717, 1.165) is 11.3 Å². The molecular formula is C20H22N2O5. The van der Waals surface area contributed by atoms with Gasteiger partial charge < -0.3 is 24.8 Å². The molecule has 0 saturated carbocycles. The van der Waals surface area contributed by atoms with Crippen LogP contribution in [0.15, 0.2) is 48.5 Å². The summed E-state index contributed by atoms with van der Waals surface area (Å²) in [6.07, 6.45) is -1.27. The molecule has 2 atom stereocenters. The first kappa shape index (κ1) is 18.6. The van der Waals surface area contributed by atoms with E-state index in [-0.39, 0.29) is 12.5 Å². The molecule has 142 valence electrons. The lowest BCUT2D eigenvalue weighted by Crippen LogP contribution is -2.50. The van der Waals surface area contributed by atoms with Crippen molar-refractivity contribution >= 4 is 11.8 Å². The Morgan fingerprint density at radius 3 is 2.33 bits per heavy atom. The van der Waals surface area contributed by atoms with Gasteiger partial charge in [-0.1, -0.05) is 24.3 Å². The quantitative estimate of drug-likeness (QED) is 0.808. The minimum Gasteiger partial charge on any atom is -0.497 e. The maximum Gasteiger partial charge on any atom is 0.265 e. The third-order valence-corrected chi connectivity index (χ3v) is 4.17. The third kappa shape index (κ3) is 4.69. The molecule has 1 aliphatic rings. The van der Waals surface area contributed by atoms with Gasteiger partial charge in [0.25, 0.3) is 5.91 Å². The Balaban J connectivity index is 1.46. The lowest BCUT2D eigenvalue weighted by Gasteiger charge is -2.30. The zero-order chi connectivity index (χ0) is 19.2. The first-order chi connectivity index (χ1) is 13.1. The van der Waals surface area contributed by atoms with Crippen LogP contribution in [0.5, 0.6) is 17.2 Å². The molecule has 2 aromatic rings. The second-order valence-corrected chi connectivity index (χ2v) is 6.15. The summed E-state index contributed by atoms with van der Waals surface area (Å²) in [5.41, 5.74) is 0.935. The zero-order valence-electron chi connectivity index (χ0n) is 15.2. The summed E-state index contributed by atoms with van der Waals surface area (Å²) in [5.74, 6) is 1.19. The van der Waals surface area contributed by atoms with Gasteiger partial charge in [-0.25, -0.2) is 0 Å². The van der Waals surface area contributed by atoms with E-state index in [1.165, 1.54) is 0 Å². The van der Waals surface area contributed by atoms with E-state index in [1.54, 1.807) is 32.2 Å². The molecule has 2 N–H and O–H groups in total. The minimum absolute atomic E-state index is 0.136. The van der Waals surface area contributed by atoms with Gasteiger partial charge in [0.15, 0.2) is 11.5 Å². The van der Waals surface area contributed by atoms with E-state index in [9.17, 15) is 9.59 Å². The van der Waals surface area contributed by atoms with Crippen LogP contribution in [-0.2, 0) is 16.1 Å². The maximum atomic E-state index is 12.4. The number of methoxy groups -OCH3 is 1. The van der Waals surface area contributed by atoms with Crippen molar-refractivity contribution in [3.05, 3.63) is 54.1 Å². The van der Waals surface area contributed by atoms with E-state index in [0.29, 0.717) is 18.0 Å². The Hall–Kier alpha value is -3.22. The first-order valence-corrected chi connectivity index (χ1v) is 8.66. The summed E-state index contributed by atoms with van der Waals surface area (Å²) in [6.45, 7) is 1.98. The van der Waals surface area contributed by atoms with Crippen molar-refractivity contribution in [2.24, 2.45) is 0 Å². The molecule has 2 amide bonds. The second-order valence-electron chi connectivity index (χ2n) is 6.15. The Bertz CT molecular complexity index is 806. The van der Waals surface area contributed by atoms with Crippen LogP contribution in [0.4, 0.5) is 0 Å². The number of nitrogens with one attached hydrogen (secondary N) is 2. The number of amides is 2. The second kappa shape index (κ2) is 8.44. The fraction of sp³-hybridized carbons (Fsp3) is 0.300. The number of hydrogen-bond acceptors (Lipinski definition) is 5. The Morgan fingerprint density at radius 1 is 1.00 bits per heavy atom. The lowest BCUT2D eigenvalue weighted by molar-refractivity contribution is -0.135. The molecule has 7 nitrogen and oxygen atoms in total. The summed E-state index contributed by atoms with van der Waals surface area (Å²) in [6, 6.07) is 14.5. The molecule has 2 aromatic carbocycles. The molecule has 0 fully saturated rings. The molecule has 0 aromatic heterocycles. The summed E-state index contributed by atoms with van der Waals surface area (Å²) in [5, 5.41) is 5.35. The van der Waals surface area contributed by atoms with Crippen LogP contribution in [0.2, 0.25) is 0 Å². The van der Waals surface area contributed by atoms with E-state index in [2.05, 4.69) is 10.6 Å². The van der Waals surface area contributed by atoms with Gasteiger partial charge in [0.05, 0.1) is 13.7 Å². The highest BCUT2D eigenvalue weighted by Crippen LogP contribution is 2.33. The van der Waals surface area contributed by atoms with Crippen molar-refractivity contribution in [3.8, 4) is 17.2 Å². The molecule has 0 radical (unpaired) electrons. The highest BCUT2D eigenvalue weighted by Gasteiger charge is 2.34. The van der Waals surface area contributed by atoms with Gasteiger partial charge in [0.2, 0.25) is 12.0 Å². The largest absolute Gasteiger partial charge is 0.497 e. The topological polar surface area (TPSA) is 85.9 Å². The van der Waals surface area contributed by atoms with Gasteiger partial charge in [0.1, 0.15) is 11.9 Å². The SMILES string of the molecule is COc1ccc(CNC(=O)CNC(=O)C2Oc3ccccc3OC2C)cc1. The number of benzene rings is 2. The van der Waals surface area contributed by atoms with Crippen LogP contribution in [0, 0.1) is 0 Å². The lowest BCUT2D eigenvalue weighted by atomic mass is 10.1. The Labute approximate surface area is 157 Å². The van der Waals surface area contributed by atoms with Crippen LogP contribution < -0.4 is 24.8 Å². The Morgan fingerprint density at radius 2 is 1.67 bits per heavy atom. The van der Waals surface area contributed by atoms with Crippen LogP contribution in [0.1, 0.15) is 12.5 Å². The maximum absolute atomic E-state index is 12.4. The van der Waals surface area contributed by atoms with Gasteiger partial charge in [-0.2, -0.15) is 0 Å². The standard InChI is InChI=1S/C20H22N2O5/c1-13-19(27-17-6-4-3-5-16(17)26-13)20(24)22-12-18(23)21-11-14-7-9-15(25-2)10-8-14/h3-10,13,19H,11-12H2,1-2H3,(H,21,23)(H,22,24). The molecule has 1 aliphatic heterocycles. The van der Waals surface area contributed by atoms with Crippen LogP contribution >= 0.6 is 0 Å². The van der Waals surface area contributed by atoms with Crippen molar-refractivity contribution in [1.29, 1.82) is 0 Å². The average Bonchev–Trinajstić information content (AvgIpc) is 2.70. The number of ether oxygens (including phenoxy) is 3. The smallest absolute Gasteiger partial charge is 0.265 e. The van der Waals surface area contributed by atoms with Crippen molar-refractivity contribution in [3.63, 3.8) is 0 Å². The third-order valence-electron chi connectivity index (χ3n) is 4.17. The van der Waals surface area contributed by atoms with Crippen molar-refractivity contribution in [2.45, 2.75) is 25.7 Å². The molecule has 1 heterocycles. The van der Waals surface area contributed by atoms with Crippen LogP contribution in [0.3, 0.4) is 0 Å². The Kier molecular flexibility index (Phi) is 5.80. The zero-order valence-corrected chi connectivity index (χ0v) is 15.2. The van der Waals surface area contributed by atoms with E-state index < -0.39 is 18.1 Å². The van der Waals surface area contributed by atoms with Crippen molar-refractivity contribution in [1.82, 2.24) is 10.6 Å². The number of carbonyl (C=O) groups is 2. The van der Waals surface area contributed by atoms with Gasteiger partial charge >= 0.3 is 0 Å². The van der Waals surface area contributed by atoms with Gasteiger partial charge in [-0.15, -0.1) is 0 Å². The number of para-hydroxylation sites is 2. The molecular weight excluding hydrogens is 348 g/mol. The molecule has 27 heavy (non-hydrogen) atoms. The fourth-order valence-electron chi connectivity index (χ4n) is 2.68. The normalized spacial score (nSPS) is 17.7. The first-order valence-electron chi connectivity index (χ1n) is 8.66. The molecule has 0 spiro atoms. The summed E-state index contributed by atoms with van der Waals surface area (Å²) < 4.78 is 16.5.